The Morgan fingerprint density at radius 2 is 2.36 bits per heavy atom. The van der Waals surface area contributed by atoms with Crippen LogP contribution in [0.3, 0.4) is 0 Å². The molecule has 4 rings (SSSR count). The Balaban J connectivity index is 1.40. The van der Waals surface area contributed by atoms with E-state index < -0.39 is 0 Å². The van der Waals surface area contributed by atoms with E-state index in [4.69, 9.17) is 4.42 Å². The van der Waals surface area contributed by atoms with Crippen LogP contribution in [0, 0.1) is 0 Å². The average molecular weight is 313 g/mol. The summed E-state index contributed by atoms with van der Waals surface area (Å²) in [4.78, 5) is 25.5. The zero-order valence-electron chi connectivity index (χ0n) is 11.4. The lowest BCUT2D eigenvalue weighted by Crippen LogP contribution is -2.24. The van der Waals surface area contributed by atoms with E-state index in [1.165, 1.54) is 11.3 Å². The zero-order chi connectivity index (χ0) is 14.9. The SMILES string of the molecule is O=C(Cc1cn2ccsc2n1)NCc1nc2ncccc2o1. The third-order valence-electron chi connectivity index (χ3n) is 3.13. The van der Waals surface area contributed by atoms with Crippen molar-refractivity contribution in [1.29, 1.82) is 0 Å². The first-order chi connectivity index (χ1) is 10.8. The highest BCUT2D eigenvalue weighted by Crippen LogP contribution is 2.13. The molecule has 4 heterocycles. The average Bonchev–Trinajstić information content (AvgIpc) is 3.18. The lowest BCUT2D eigenvalue weighted by Gasteiger charge is -2.00. The maximum absolute atomic E-state index is 12.0. The summed E-state index contributed by atoms with van der Waals surface area (Å²) < 4.78 is 7.40. The van der Waals surface area contributed by atoms with E-state index in [0.29, 0.717) is 17.1 Å². The molecule has 0 aromatic carbocycles. The summed E-state index contributed by atoms with van der Waals surface area (Å²) in [5.74, 6) is 0.314. The van der Waals surface area contributed by atoms with Crippen LogP contribution >= 0.6 is 11.3 Å². The first-order valence-corrected chi connectivity index (χ1v) is 7.54. The van der Waals surface area contributed by atoms with E-state index >= 15 is 0 Å². The van der Waals surface area contributed by atoms with Crippen LogP contribution in [0.25, 0.3) is 16.2 Å². The number of oxazole rings is 1. The molecule has 4 aromatic heterocycles. The number of hydrogen-bond acceptors (Lipinski definition) is 6. The molecule has 1 amide bonds. The molecule has 110 valence electrons. The van der Waals surface area contributed by atoms with Gasteiger partial charge in [0.05, 0.1) is 18.7 Å². The van der Waals surface area contributed by atoms with Crippen molar-refractivity contribution in [3.63, 3.8) is 0 Å². The Bertz CT molecular complexity index is 893. The Labute approximate surface area is 128 Å². The number of carbonyl (C=O) groups is 1. The molecule has 0 aliphatic carbocycles. The van der Waals surface area contributed by atoms with Gasteiger partial charge in [-0.3, -0.25) is 9.20 Å². The number of amides is 1. The molecule has 4 aromatic rings. The minimum atomic E-state index is -0.124. The minimum Gasteiger partial charge on any atom is -0.437 e. The number of pyridine rings is 1. The van der Waals surface area contributed by atoms with Gasteiger partial charge >= 0.3 is 0 Å². The van der Waals surface area contributed by atoms with Crippen LogP contribution in [-0.2, 0) is 17.8 Å². The fourth-order valence-electron chi connectivity index (χ4n) is 2.15. The standard InChI is InChI=1S/C14H11N5O2S/c20-11(6-9-8-19-4-5-22-14(19)17-9)16-7-12-18-13-10(21-12)2-1-3-15-13/h1-5,8H,6-7H2,(H,16,20). The smallest absolute Gasteiger partial charge is 0.226 e. The quantitative estimate of drug-likeness (QED) is 0.621. The van der Waals surface area contributed by atoms with Crippen molar-refractivity contribution in [2.45, 2.75) is 13.0 Å². The van der Waals surface area contributed by atoms with E-state index in [2.05, 4.69) is 20.3 Å². The van der Waals surface area contributed by atoms with Gasteiger partial charge in [0.2, 0.25) is 11.8 Å². The third-order valence-corrected chi connectivity index (χ3v) is 3.90. The Morgan fingerprint density at radius 1 is 1.41 bits per heavy atom. The summed E-state index contributed by atoms with van der Waals surface area (Å²) in [6.45, 7) is 0.234. The zero-order valence-corrected chi connectivity index (χ0v) is 12.2. The lowest BCUT2D eigenvalue weighted by molar-refractivity contribution is -0.120. The van der Waals surface area contributed by atoms with Crippen LogP contribution in [0.1, 0.15) is 11.6 Å². The van der Waals surface area contributed by atoms with Crippen molar-refractivity contribution in [3.05, 3.63) is 47.7 Å². The minimum absolute atomic E-state index is 0.124. The van der Waals surface area contributed by atoms with E-state index in [1.807, 2.05) is 22.2 Å². The topological polar surface area (TPSA) is 85.3 Å². The van der Waals surface area contributed by atoms with E-state index in [1.54, 1.807) is 18.3 Å². The molecular formula is C14H11N5O2S. The second-order valence-electron chi connectivity index (χ2n) is 4.71. The normalized spacial score (nSPS) is 11.3. The second kappa shape index (κ2) is 5.23. The van der Waals surface area contributed by atoms with Crippen molar-refractivity contribution in [3.8, 4) is 0 Å². The first-order valence-electron chi connectivity index (χ1n) is 6.66. The lowest BCUT2D eigenvalue weighted by atomic mass is 10.3. The molecule has 0 saturated carbocycles. The number of rotatable bonds is 4. The number of hydrogen-bond donors (Lipinski definition) is 1. The molecule has 0 saturated heterocycles. The number of aromatic nitrogens is 4. The second-order valence-corrected chi connectivity index (χ2v) is 5.58. The predicted octanol–water partition coefficient (Wildman–Crippen LogP) is 1.79. The molecule has 0 unspecified atom stereocenters. The van der Waals surface area contributed by atoms with Gasteiger partial charge in [0.15, 0.2) is 16.2 Å². The fraction of sp³-hybridized carbons (Fsp3) is 0.143. The summed E-state index contributed by atoms with van der Waals surface area (Å²) >= 11 is 1.54. The molecule has 0 bridgehead atoms. The number of nitrogens with one attached hydrogen (secondary N) is 1. The maximum atomic E-state index is 12.0. The molecule has 22 heavy (non-hydrogen) atoms. The van der Waals surface area contributed by atoms with Crippen LogP contribution in [0.5, 0.6) is 0 Å². The Morgan fingerprint density at radius 3 is 3.23 bits per heavy atom. The summed E-state index contributed by atoms with van der Waals surface area (Å²) in [5.41, 5.74) is 1.89. The first kappa shape index (κ1) is 13.0. The molecule has 8 heteroatoms. The summed E-state index contributed by atoms with van der Waals surface area (Å²) in [6.07, 6.45) is 5.65. The van der Waals surface area contributed by atoms with Crippen molar-refractivity contribution in [1.82, 2.24) is 24.7 Å². The molecule has 7 nitrogen and oxygen atoms in total. The van der Waals surface area contributed by atoms with Crippen LogP contribution in [0.2, 0.25) is 0 Å². The van der Waals surface area contributed by atoms with Crippen LogP contribution in [0.4, 0.5) is 0 Å². The number of nitrogens with zero attached hydrogens (tertiary/aromatic N) is 4. The van der Waals surface area contributed by atoms with Crippen LogP contribution in [0.15, 0.2) is 40.5 Å². The summed E-state index contributed by atoms with van der Waals surface area (Å²) in [5, 5.41) is 4.73. The molecule has 0 fully saturated rings. The van der Waals surface area contributed by atoms with E-state index in [9.17, 15) is 4.79 Å². The highest BCUT2D eigenvalue weighted by Gasteiger charge is 2.10. The molecule has 0 aliphatic rings. The predicted molar refractivity (Wildman–Crippen MR) is 80.4 cm³/mol. The van der Waals surface area contributed by atoms with Gasteiger partial charge in [0, 0.05) is 24.0 Å². The number of imidazole rings is 1. The van der Waals surface area contributed by atoms with E-state index in [-0.39, 0.29) is 18.9 Å². The molecular weight excluding hydrogens is 302 g/mol. The van der Waals surface area contributed by atoms with Crippen molar-refractivity contribution in [2.75, 3.05) is 0 Å². The molecule has 0 radical (unpaired) electrons. The Kier molecular flexibility index (Phi) is 3.08. The van der Waals surface area contributed by atoms with Gasteiger partial charge in [0.1, 0.15) is 0 Å². The van der Waals surface area contributed by atoms with Crippen molar-refractivity contribution < 1.29 is 9.21 Å². The maximum Gasteiger partial charge on any atom is 0.226 e. The van der Waals surface area contributed by atoms with Crippen LogP contribution in [-0.4, -0.2) is 25.3 Å². The van der Waals surface area contributed by atoms with Gasteiger partial charge in [-0.05, 0) is 12.1 Å². The van der Waals surface area contributed by atoms with Gasteiger partial charge in [-0.25, -0.2) is 9.97 Å². The molecule has 0 atom stereocenters. The van der Waals surface area contributed by atoms with Gasteiger partial charge in [-0.2, -0.15) is 4.98 Å². The monoisotopic (exact) mass is 313 g/mol. The number of fused-ring (bicyclic) bond motifs is 2. The highest BCUT2D eigenvalue weighted by molar-refractivity contribution is 7.15. The highest BCUT2D eigenvalue weighted by atomic mass is 32.1. The summed E-state index contributed by atoms with van der Waals surface area (Å²) in [7, 11) is 0. The molecule has 0 aliphatic heterocycles. The van der Waals surface area contributed by atoms with Crippen LogP contribution < -0.4 is 5.32 Å². The fourth-order valence-corrected chi connectivity index (χ4v) is 2.87. The molecule has 0 spiro atoms. The molecule has 1 N–H and O–H groups in total. The van der Waals surface area contributed by atoms with Crippen molar-refractivity contribution >= 4 is 33.4 Å². The van der Waals surface area contributed by atoms with E-state index in [0.717, 1.165) is 10.7 Å². The van der Waals surface area contributed by atoms with Crippen molar-refractivity contribution in [2.24, 2.45) is 0 Å². The van der Waals surface area contributed by atoms with Gasteiger partial charge in [-0.1, -0.05) is 0 Å². The largest absolute Gasteiger partial charge is 0.437 e. The third kappa shape index (κ3) is 2.44. The number of thiazole rings is 1. The van der Waals surface area contributed by atoms with Gasteiger partial charge < -0.3 is 9.73 Å². The van der Waals surface area contributed by atoms with Gasteiger partial charge in [0.25, 0.3) is 0 Å². The summed E-state index contributed by atoms with van der Waals surface area (Å²) in [6, 6.07) is 3.57. The van der Waals surface area contributed by atoms with Gasteiger partial charge in [-0.15, -0.1) is 11.3 Å². The Hall–Kier alpha value is -2.74. The number of carbonyl (C=O) groups excluding carboxylic acids is 1.